The molecule has 5 heteroatoms. The largest absolute Gasteiger partial charge is 0.376 e. The quantitative estimate of drug-likeness (QED) is 0.901. The second-order valence-electron chi connectivity index (χ2n) is 6.70. The average Bonchev–Trinajstić information content (AvgIpc) is 3.37. The maximum absolute atomic E-state index is 12.6. The summed E-state index contributed by atoms with van der Waals surface area (Å²) in [5.74, 6) is -0.0973. The van der Waals surface area contributed by atoms with Crippen molar-refractivity contribution in [3.8, 4) is 0 Å². The molecule has 0 aliphatic carbocycles. The van der Waals surface area contributed by atoms with Crippen LogP contribution in [0.1, 0.15) is 30.9 Å². The summed E-state index contributed by atoms with van der Waals surface area (Å²) in [6.45, 7) is 1.35. The van der Waals surface area contributed by atoms with Crippen molar-refractivity contribution in [2.24, 2.45) is 5.10 Å². The normalized spacial score (nSPS) is 22.3. The van der Waals surface area contributed by atoms with Crippen LogP contribution in [0.15, 0.2) is 65.8 Å². The number of para-hydroxylation sites is 1. The first-order valence-corrected chi connectivity index (χ1v) is 9.18. The predicted molar refractivity (Wildman–Crippen MR) is 102 cm³/mol. The Balaban J connectivity index is 1.52. The van der Waals surface area contributed by atoms with E-state index in [1.807, 2.05) is 53.5 Å². The molecule has 0 radical (unpaired) electrons. The summed E-state index contributed by atoms with van der Waals surface area (Å²) >= 11 is 0. The van der Waals surface area contributed by atoms with Crippen LogP contribution in [0.4, 0.5) is 5.69 Å². The first-order valence-electron chi connectivity index (χ1n) is 9.18. The van der Waals surface area contributed by atoms with Gasteiger partial charge in [-0.1, -0.05) is 48.5 Å². The molecule has 0 saturated carbocycles. The summed E-state index contributed by atoms with van der Waals surface area (Å²) in [5.41, 5.74) is 2.71. The minimum atomic E-state index is -0.0973. The Morgan fingerprint density at radius 3 is 2.54 bits per heavy atom. The molecule has 1 fully saturated rings. The van der Waals surface area contributed by atoms with Gasteiger partial charge in [0.25, 0.3) is 5.91 Å². The van der Waals surface area contributed by atoms with Gasteiger partial charge in [-0.2, -0.15) is 5.10 Å². The Kier molecular flexibility index (Phi) is 4.97. The van der Waals surface area contributed by atoms with E-state index in [-0.39, 0.29) is 18.1 Å². The third-order valence-corrected chi connectivity index (χ3v) is 4.89. The molecule has 2 aromatic carbocycles. The fraction of sp³-hybridized carbons (Fsp3) is 0.333. The third kappa shape index (κ3) is 3.63. The van der Waals surface area contributed by atoms with E-state index in [1.54, 1.807) is 0 Å². The predicted octanol–water partition coefficient (Wildman–Crippen LogP) is 3.29. The molecule has 1 amide bonds. The summed E-state index contributed by atoms with van der Waals surface area (Å²) in [7, 11) is 0. The SMILES string of the molecule is O=C(NC[C@@H]1CCCO1)C1=NN(c2ccccc2)[C@H](c2ccccc2)C1. The first kappa shape index (κ1) is 16.8. The van der Waals surface area contributed by atoms with E-state index in [0.29, 0.717) is 18.7 Å². The van der Waals surface area contributed by atoms with Gasteiger partial charge in [-0.3, -0.25) is 9.80 Å². The molecule has 1 saturated heterocycles. The molecule has 2 aliphatic rings. The van der Waals surface area contributed by atoms with Crippen molar-refractivity contribution in [3.05, 3.63) is 66.2 Å². The number of hydrogen-bond donors (Lipinski definition) is 1. The Labute approximate surface area is 153 Å². The van der Waals surface area contributed by atoms with Gasteiger partial charge in [0.2, 0.25) is 0 Å². The van der Waals surface area contributed by atoms with Crippen LogP contribution in [0, 0.1) is 0 Å². The zero-order valence-electron chi connectivity index (χ0n) is 14.7. The van der Waals surface area contributed by atoms with Gasteiger partial charge in [-0.15, -0.1) is 0 Å². The van der Waals surface area contributed by atoms with Crippen molar-refractivity contribution >= 4 is 17.3 Å². The smallest absolute Gasteiger partial charge is 0.267 e. The second kappa shape index (κ2) is 7.70. The van der Waals surface area contributed by atoms with E-state index in [2.05, 4.69) is 22.6 Å². The van der Waals surface area contributed by atoms with Gasteiger partial charge in [-0.25, -0.2) is 0 Å². The maximum atomic E-state index is 12.6. The molecular formula is C21H23N3O2. The van der Waals surface area contributed by atoms with Gasteiger partial charge in [-0.05, 0) is 30.5 Å². The summed E-state index contributed by atoms with van der Waals surface area (Å²) < 4.78 is 5.58. The van der Waals surface area contributed by atoms with Crippen molar-refractivity contribution in [3.63, 3.8) is 0 Å². The zero-order valence-corrected chi connectivity index (χ0v) is 14.7. The number of nitrogens with one attached hydrogen (secondary N) is 1. The van der Waals surface area contributed by atoms with Crippen molar-refractivity contribution in [1.82, 2.24) is 5.32 Å². The lowest BCUT2D eigenvalue weighted by atomic mass is 10.0. The number of carbonyl (C=O) groups is 1. The number of carbonyl (C=O) groups excluding carboxylic acids is 1. The van der Waals surface area contributed by atoms with Gasteiger partial charge in [0.1, 0.15) is 5.71 Å². The van der Waals surface area contributed by atoms with Gasteiger partial charge in [0, 0.05) is 19.6 Å². The first-order chi connectivity index (χ1) is 12.8. The van der Waals surface area contributed by atoms with E-state index in [0.717, 1.165) is 30.7 Å². The minimum Gasteiger partial charge on any atom is -0.376 e. The lowest BCUT2D eigenvalue weighted by Crippen LogP contribution is -2.36. The van der Waals surface area contributed by atoms with Crippen LogP contribution in [0.25, 0.3) is 0 Å². The van der Waals surface area contributed by atoms with Crippen LogP contribution in [0.2, 0.25) is 0 Å². The third-order valence-electron chi connectivity index (χ3n) is 4.89. The van der Waals surface area contributed by atoms with E-state index < -0.39 is 0 Å². The number of rotatable bonds is 5. The average molecular weight is 349 g/mol. The highest BCUT2D eigenvalue weighted by Crippen LogP contribution is 2.34. The van der Waals surface area contributed by atoms with E-state index >= 15 is 0 Å². The number of benzene rings is 2. The molecule has 2 aromatic rings. The molecule has 134 valence electrons. The minimum absolute atomic E-state index is 0.0297. The number of hydrogen-bond acceptors (Lipinski definition) is 4. The molecule has 2 heterocycles. The van der Waals surface area contributed by atoms with Crippen LogP contribution >= 0.6 is 0 Å². The number of nitrogens with zero attached hydrogens (tertiary/aromatic N) is 2. The Hall–Kier alpha value is -2.66. The highest BCUT2D eigenvalue weighted by Gasteiger charge is 2.32. The van der Waals surface area contributed by atoms with E-state index in [9.17, 15) is 4.79 Å². The monoisotopic (exact) mass is 349 g/mol. The topological polar surface area (TPSA) is 53.9 Å². The van der Waals surface area contributed by atoms with Gasteiger partial charge >= 0.3 is 0 Å². The number of ether oxygens (including phenoxy) is 1. The molecule has 0 aromatic heterocycles. The van der Waals surface area contributed by atoms with Gasteiger partial charge in [0.15, 0.2) is 0 Å². The van der Waals surface area contributed by atoms with Crippen molar-refractivity contribution in [2.75, 3.05) is 18.2 Å². The van der Waals surface area contributed by atoms with Gasteiger partial charge < -0.3 is 10.1 Å². The highest BCUT2D eigenvalue weighted by atomic mass is 16.5. The molecule has 1 N–H and O–H groups in total. The van der Waals surface area contributed by atoms with E-state index in [4.69, 9.17) is 4.74 Å². The molecule has 0 spiro atoms. The molecule has 0 bridgehead atoms. The fourth-order valence-corrected chi connectivity index (χ4v) is 3.51. The Bertz CT molecular complexity index is 770. The van der Waals surface area contributed by atoms with Crippen LogP contribution in [-0.2, 0) is 9.53 Å². The van der Waals surface area contributed by atoms with Crippen LogP contribution in [0.3, 0.4) is 0 Å². The molecule has 5 nitrogen and oxygen atoms in total. The Morgan fingerprint density at radius 2 is 1.85 bits per heavy atom. The highest BCUT2D eigenvalue weighted by molar-refractivity contribution is 6.39. The molecule has 2 atom stereocenters. The Morgan fingerprint density at radius 1 is 1.12 bits per heavy atom. The molecule has 4 rings (SSSR count). The molecule has 26 heavy (non-hydrogen) atoms. The van der Waals surface area contributed by atoms with E-state index in [1.165, 1.54) is 0 Å². The molecular weight excluding hydrogens is 326 g/mol. The summed E-state index contributed by atoms with van der Waals surface area (Å²) in [4.78, 5) is 12.6. The number of anilines is 1. The van der Waals surface area contributed by atoms with Crippen LogP contribution in [0.5, 0.6) is 0 Å². The summed E-state index contributed by atoms with van der Waals surface area (Å²) in [5, 5.41) is 9.60. The molecule has 2 aliphatic heterocycles. The van der Waals surface area contributed by atoms with Gasteiger partial charge in [0.05, 0.1) is 17.8 Å². The van der Waals surface area contributed by atoms with Crippen LogP contribution < -0.4 is 10.3 Å². The second-order valence-corrected chi connectivity index (χ2v) is 6.70. The summed E-state index contributed by atoms with van der Waals surface area (Å²) in [6.07, 6.45) is 2.81. The maximum Gasteiger partial charge on any atom is 0.267 e. The standard InChI is InChI=1S/C21H23N3O2/c25-21(22-15-18-12-7-13-26-18)19-14-20(16-8-3-1-4-9-16)24(23-19)17-10-5-2-6-11-17/h1-6,8-11,18,20H,7,12-15H2,(H,22,25)/t18-,20-/m0/s1. The lowest BCUT2D eigenvalue weighted by Gasteiger charge is -2.23. The fourth-order valence-electron chi connectivity index (χ4n) is 3.51. The molecule has 0 unspecified atom stereocenters. The summed E-state index contributed by atoms with van der Waals surface area (Å²) in [6, 6.07) is 20.2. The van der Waals surface area contributed by atoms with Crippen molar-refractivity contribution in [2.45, 2.75) is 31.4 Å². The van der Waals surface area contributed by atoms with Crippen molar-refractivity contribution in [1.29, 1.82) is 0 Å². The number of hydrazone groups is 1. The zero-order chi connectivity index (χ0) is 17.8. The van der Waals surface area contributed by atoms with Crippen molar-refractivity contribution < 1.29 is 9.53 Å². The van der Waals surface area contributed by atoms with Crippen LogP contribution in [-0.4, -0.2) is 30.9 Å². The lowest BCUT2D eigenvalue weighted by molar-refractivity contribution is -0.115. The number of amides is 1.